The highest BCUT2D eigenvalue weighted by Gasteiger charge is 2.09. The van der Waals surface area contributed by atoms with Crippen molar-refractivity contribution in [2.45, 2.75) is 0 Å². The van der Waals surface area contributed by atoms with E-state index in [4.69, 9.17) is 0 Å². The predicted molar refractivity (Wildman–Crippen MR) is 76.3 cm³/mol. The Kier molecular flexibility index (Phi) is 3.17. The van der Waals surface area contributed by atoms with E-state index < -0.39 is 0 Å². The van der Waals surface area contributed by atoms with Gasteiger partial charge in [0, 0.05) is 27.8 Å². The van der Waals surface area contributed by atoms with Gasteiger partial charge in [-0.1, -0.05) is 34.1 Å². The largest absolute Gasteiger partial charge is 0.261 e. The van der Waals surface area contributed by atoms with Crippen LogP contribution in [0.3, 0.4) is 0 Å². The van der Waals surface area contributed by atoms with Crippen molar-refractivity contribution in [1.29, 1.82) is 0 Å². The van der Waals surface area contributed by atoms with E-state index in [0.29, 0.717) is 0 Å². The Hall–Kier alpha value is -1.59. The Balaban J connectivity index is 2.03. The van der Waals surface area contributed by atoms with Gasteiger partial charge in [-0.2, -0.15) is 0 Å². The standard InChI is InChI=1S/C13H8BrN3S/c14-10-4-2-1-3-9(10)13-17-12(8-18-13)11-7-15-5-6-16-11/h1-8H. The van der Waals surface area contributed by atoms with E-state index >= 15 is 0 Å². The van der Waals surface area contributed by atoms with E-state index in [-0.39, 0.29) is 0 Å². The van der Waals surface area contributed by atoms with Crippen molar-refractivity contribution in [1.82, 2.24) is 15.0 Å². The molecule has 0 saturated carbocycles. The lowest BCUT2D eigenvalue weighted by atomic mass is 10.2. The van der Waals surface area contributed by atoms with Gasteiger partial charge in [-0.25, -0.2) is 4.98 Å². The number of aromatic nitrogens is 3. The minimum absolute atomic E-state index is 0.798. The maximum atomic E-state index is 4.60. The van der Waals surface area contributed by atoms with Crippen molar-refractivity contribution in [3.05, 3.63) is 52.7 Å². The summed E-state index contributed by atoms with van der Waals surface area (Å²) in [5, 5.41) is 2.97. The Bertz CT molecular complexity index is 667. The summed E-state index contributed by atoms with van der Waals surface area (Å²) in [7, 11) is 0. The number of benzene rings is 1. The fourth-order valence-electron chi connectivity index (χ4n) is 1.58. The van der Waals surface area contributed by atoms with Crippen LogP contribution < -0.4 is 0 Å². The molecule has 18 heavy (non-hydrogen) atoms. The molecule has 0 unspecified atom stereocenters. The summed E-state index contributed by atoms with van der Waals surface area (Å²) >= 11 is 5.14. The molecule has 0 amide bonds. The molecule has 0 saturated heterocycles. The first-order valence-corrected chi connectivity index (χ1v) is 6.98. The van der Waals surface area contributed by atoms with Crippen LogP contribution in [0, 0.1) is 0 Å². The van der Waals surface area contributed by atoms with Gasteiger partial charge in [-0.05, 0) is 6.07 Å². The highest BCUT2D eigenvalue weighted by Crippen LogP contribution is 2.32. The molecule has 5 heteroatoms. The SMILES string of the molecule is Brc1ccccc1-c1nc(-c2cnccn2)cs1. The molecule has 3 rings (SSSR count). The van der Waals surface area contributed by atoms with Crippen molar-refractivity contribution < 1.29 is 0 Å². The van der Waals surface area contributed by atoms with E-state index in [0.717, 1.165) is 26.4 Å². The minimum Gasteiger partial charge on any atom is -0.261 e. The molecule has 0 bridgehead atoms. The van der Waals surface area contributed by atoms with Gasteiger partial charge < -0.3 is 0 Å². The van der Waals surface area contributed by atoms with E-state index in [9.17, 15) is 0 Å². The van der Waals surface area contributed by atoms with Gasteiger partial charge in [0.25, 0.3) is 0 Å². The van der Waals surface area contributed by atoms with Crippen molar-refractivity contribution in [2.24, 2.45) is 0 Å². The summed E-state index contributed by atoms with van der Waals surface area (Å²) in [6, 6.07) is 8.05. The molecule has 2 heterocycles. The lowest BCUT2D eigenvalue weighted by Gasteiger charge is -1.98. The van der Waals surface area contributed by atoms with Gasteiger partial charge >= 0.3 is 0 Å². The van der Waals surface area contributed by atoms with Gasteiger partial charge in [0.05, 0.1) is 6.20 Å². The van der Waals surface area contributed by atoms with Crippen LogP contribution >= 0.6 is 27.3 Å². The summed E-state index contributed by atoms with van der Waals surface area (Å²) in [5.74, 6) is 0. The second-order valence-electron chi connectivity index (χ2n) is 3.61. The summed E-state index contributed by atoms with van der Waals surface area (Å²) in [5.41, 5.74) is 2.75. The van der Waals surface area contributed by atoms with Crippen molar-refractivity contribution in [2.75, 3.05) is 0 Å². The second kappa shape index (κ2) is 4.96. The zero-order valence-corrected chi connectivity index (χ0v) is 11.6. The maximum Gasteiger partial charge on any atom is 0.125 e. The summed E-state index contributed by atoms with van der Waals surface area (Å²) in [6.45, 7) is 0. The van der Waals surface area contributed by atoms with E-state index in [1.165, 1.54) is 0 Å². The van der Waals surface area contributed by atoms with Crippen LogP contribution in [0.15, 0.2) is 52.7 Å². The lowest BCUT2D eigenvalue weighted by Crippen LogP contribution is -1.84. The molecule has 88 valence electrons. The molecule has 0 aliphatic heterocycles. The van der Waals surface area contributed by atoms with Gasteiger partial charge in [-0.3, -0.25) is 9.97 Å². The second-order valence-corrected chi connectivity index (χ2v) is 5.32. The topological polar surface area (TPSA) is 38.7 Å². The Labute approximate surface area is 117 Å². The third-order valence-electron chi connectivity index (χ3n) is 2.43. The molecule has 0 spiro atoms. The molecule has 3 nitrogen and oxygen atoms in total. The van der Waals surface area contributed by atoms with Crippen LogP contribution in [0.1, 0.15) is 0 Å². The molecule has 1 aromatic carbocycles. The van der Waals surface area contributed by atoms with E-state index in [2.05, 4.69) is 30.9 Å². The smallest absolute Gasteiger partial charge is 0.125 e. The Morgan fingerprint density at radius 1 is 1.06 bits per heavy atom. The molecule has 0 N–H and O–H groups in total. The van der Waals surface area contributed by atoms with Crippen LogP contribution in [-0.4, -0.2) is 15.0 Å². The van der Waals surface area contributed by atoms with Crippen molar-refractivity contribution in [3.8, 4) is 22.0 Å². The number of hydrogen-bond acceptors (Lipinski definition) is 4. The summed E-state index contributed by atoms with van der Waals surface area (Å²) < 4.78 is 1.05. The minimum atomic E-state index is 0.798. The fraction of sp³-hybridized carbons (Fsp3) is 0. The van der Waals surface area contributed by atoms with Gasteiger partial charge in [0.1, 0.15) is 16.4 Å². The summed E-state index contributed by atoms with van der Waals surface area (Å²) in [4.78, 5) is 12.9. The molecule has 0 aliphatic rings. The van der Waals surface area contributed by atoms with E-state index in [1.807, 2.05) is 29.6 Å². The van der Waals surface area contributed by atoms with Gasteiger partial charge in [0.15, 0.2) is 0 Å². The summed E-state index contributed by atoms with van der Waals surface area (Å²) in [6.07, 6.45) is 5.05. The van der Waals surface area contributed by atoms with Crippen LogP contribution in [0.25, 0.3) is 22.0 Å². The average molecular weight is 318 g/mol. The molecule has 2 aromatic heterocycles. The third-order valence-corrected chi connectivity index (χ3v) is 4.00. The molecular weight excluding hydrogens is 310 g/mol. The molecule has 0 atom stereocenters. The number of rotatable bonds is 2. The van der Waals surface area contributed by atoms with Crippen LogP contribution in [0.2, 0.25) is 0 Å². The monoisotopic (exact) mass is 317 g/mol. The van der Waals surface area contributed by atoms with Crippen molar-refractivity contribution in [3.63, 3.8) is 0 Å². The maximum absolute atomic E-state index is 4.60. The average Bonchev–Trinajstić information content (AvgIpc) is 2.90. The highest BCUT2D eigenvalue weighted by molar-refractivity contribution is 9.10. The first-order valence-electron chi connectivity index (χ1n) is 5.31. The zero-order valence-electron chi connectivity index (χ0n) is 9.25. The molecule has 0 aliphatic carbocycles. The molecule has 0 fully saturated rings. The number of thiazole rings is 1. The van der Waals surface area contributed by atoms with E-state index in [1.54, 1.807) is 29.9 Å². The Morgan fingerprint density at radius 2 is 1.94 bits per heavy atom. The molecular formula is C13H8BrN3S. The van der Waals surface area contributed by atoms with Crippen LogP contribution in [-0.2, 0) is 0 Å². The number of hydrogen-bond donors (Lipinski definition) is 0. The van der Waals surface area contributed by atoms with Gasteiger partial charge in [0.2, 0.25) is 0 Å². The van der Waals surface area contributed by atoms with Gasteiger partial charge in [-0.15, -0.1) is 11.3 Å². The predicted octanol–water partition coefficient (Wildman–Crippen LogP) is 4.03. The highest BCUT2D eigenvalue weighted by atomic mass is 79.9. The third kappa shape index (κ3) is 2.19. The lowest BCUT2D eigenvalue weighted by molar-refractivity contribution is 1.19. The number of nitrogens with zero attached hydrogens (tertiary/aromatic N) is 3. The zero-order chi connectivity index (χ0) is 12.4. The first kappa shape index (κ1) is 11.5. The van der Waals surface area contributed by atoms with Crippen LogP contribution in [0.4, 0.5) is 0 Å². The fourth-order valence-corrected chi connectivity index (χ4v) is 3.04. The molecule has 3 aromatic rings. The first-order chi connectivity index (χ1) is 8.84. The number of halogens is 1. The Morgan fingerprint density at radius 3 is 2.72 bits per heavy atom. The molecule has 0 radical (unpaired) electrons. The van der Waals surface area contributed by atoms with Crippen molar-refractivity contribution >= 4 is 27.3 Å². The normalized spacial score (nSPS) is 10.5. The quantitative estimate of drug-likeness (QED) is 0.716. The van der Waals surface area contributed by atoms with Crippen LogP contribution in [0.5, 0.6) is 0 Å².